The second kappa shape index (κ2) is 49.1. The van der Waals surface area contributed by atoms with Gasteiger partial charge in [0, 0.05) is 45.0 Å². The molecule has 0 aliphatic carbocycles. The van der Waals surface area contributed by atoms with Gasteiger partial charge in [-0.1, -0.05) is 187 Å². The number of fused-ring (bicyclic) bond motifs is 2. The van der Waals surface area contributed by atoms with E-state index in [1.165, 1.54) is 140 Å². The van der Waals surface area contributed by atoms with Crippen LogP contribution in [-0.2, 0) is 63.9 Å². The number of hydrogen-bond acceptors (Lipinski definition) is 14. The van der Waals surface area contributed by atoms with Crippen molar-refractivity contribution in [3.8, 4) is 0 Å². The summed E-state index contributed by atoms with van der Waals surface area (Å²) in [4.78, 5) is 138. The SMILES string of the molecule is CCCCCCCCCCCCCCCC(=O)OCC(COC(=O)CCC(=O)NCNC(=O)C[C@@H]1NC(=O)CNC(=O)[C@H](CCCN=C(N)N)N(C)C(=O)[C@@H](CC)NC(=O)c2cccc(c2)CNC1=O)OC(=O)CCCCCCCCCCCCCCC. The second-order valence-corrected chi connectivity index (χ2v) is 23.1. The van der Waals surface area contributed by atoms with Crippen LogP contribution in [0.25, 0.3) is 0 Å². The van der Waals surface area contributed by atoms with Gasteiger partial charge in [-0.25, -0.2) is 0 Å². The number of guanidine groups is 1. The Morgan fingerprint density at radius 2 is 1.09 bits per heavy atom. The molecule has 2 rings (SSSR count). The normalized spacial score (nSPS) is 16.2. The Labute approximate surface area is 524 Å². The number of esters is 3. The van der Waals surface area contributed by atoms with Crippen molar-refractivity contribution in [1.29, 1.82) is 0 Å². The average molecular weight is 1240 g/mol. The smallest absolute Gasteiger partial charge is 0.306 e. The van der Waals surface area contributed by atoms with Crippen molar-refractivity contribution in [1.82, 2.24) is 36.8 Å². The molecule has 88 heavy (non-hydrogen) atoms. The van der Waals surface area contributed by atoms with Gasteiger partial charge in [0.05, 0.1) is 26.1 Å². The van der Waals surface area contributed by atoms with Crippen LogP contribution in [0.15, 0.2) is 29.3 Å². The molecule has 498 valence electrons. The maximum absolute atomic E-state index is 13.7. The van der Waals surface area contributed by atoms with Crippen molar-refractivity contribution < 1.29 is 62.2 Å². The molecule has 1 heterocycles. The van der Waals surface area contributed by atoms with Gasteiger partial charge in [0.15, 0.2) is 12.1 Å². The zero-order valence-corrected chi connectivity index (χ0v) is 53.8. The Hall–Kier alpha value is -6.81. The lowest BCUT2D eigenvalue weighted by Crippen LogP contribution is -2.56. The Balaban J connectivity index is 1.96. The number of unbranched alkanes of at least 4 members (excludes halogenated alkanes) is 24. The first-order valence-electron chi connectivity index (χ1n) is 33.1. The topological polar surface area (TPSA) is 338 Å². The number of carbonyl (C=O) groups excluding carboxylic acids is 10. The lowest BCUT2D eigenvalue weighted by molar-refractivity contribution is -0.167. The van der Waals surface area contributed by atoms with E-state index in [0.29, 0.717) is 18.4 Å². The number of likely N-dealkylation sites (N-methyl/N-ethyl adjacent to an activating group) is 1. The number of carbonyl (C=O) groups is 10. The van der Waals surface area contributed by atoms with E-state index in [4.69, 9.17) is 25.7 Å². The molecule has 0 aromatic heterocycles. The highest BCUT2D eigenvalue weighted by molar-refractivity contribution is 5.99. The summed E-state index contributed by atoms with van der Waals surface area (Å²) in [6.07, 6.45) is 28.9. The van der Waals surface area contributed by atoms with Gasteiger partial charge < -0.3 is 62.5 Å². The summed E-state index contributed by atoms with van der Waals surface area (Å²) in [5.41, 5.74) is 11.6. The molecule has 1 aromatic rings. The summed E-state index contributed by atoms with van der Waals surface area (Å²) in [7, 11) is 1.40. The van der Waals surface area contributed by atoms with Crippen LogP contribution in [0.3, 0.4) is 0 Å². The molecule has 0 saturated carbocycles. The molecule has 10 N–H and O–H groups in total. The highest BCUT2D eigenvalue weighted by Gasteiger charge is 2.33. The van der Waals surface area contributed by atoms with E-state index in [-0.39, 0.29) is 76.2 Å². The highest BCUT2D eigenvalue weighted by atomic mass is 16.6. The maximum atomic E-state index is 13.7. The molecule has 1 aromatic carbocycles. The summed E-state index contributed by atoms with van der Waals surface area (Å²) in [6.45, 7) is 4.41. The van der Waals surface area contributed by atoms with Crippen LogP contribution in [0, 0.1) is 0 Å². The number of aliphatic imine (C=N–C) groups is 1. The second-order valence-electron chi connectivity index (χ2n) is 23.1. The maximum Gasteiger partial charge on any atom is 0.306 e. The van der Waals surface area contributed by atoms with Crippen molar-refractivity contribution in [2.75, 3.05) is 40.0 Å². The lowest BCUT2D eigenvalue weighted by Gasteiger charge is -2.30. The zero-order chi connectivity index (χ0) is 64.6. The minimum atomic E-state index is -1.49. The summed E-state index contributed by atoms with van der Waals surface area (Å²) in [5.74, 6) is -6.74. The van der Waals surface area contributed by atoms with Gasteiger partial charge in [-0.3, -0.25) is 52.9 Å². The number of nitrogens with one attached hydrogen (secondary N) is 6. The third kappa shape index (κ3) is 37.8. The van der Waals surface area contributed by atoms with Gasteiger partial charge in [0.1, 0.15) is 31.3 Å². The monoisotopic (exact) mass is 1240 g/mol. The highest BCUT2D eigenvalue weighted by Crippen LogP contribution is 2.17. The summed E-state index contributed by atoms with van der Waals surface area (Å²) in [6, 6.07) is 2.64. The fourth-order valence-corrected chi connectivity index (χ4v) is 10.1. The van der Waals surface area contributed by atoms with E-state index < -0.39 is 110 Å². The molecule has 1 aliphatic heterocycles. The Morgan fingerprint density at radius 1 is 0.591 bits per heavy atom. The van der Waals surface area contributed by atoms with E-state index in [1.807, 2.05) is 0 Å². The van der Waals surface area contributed by atoms with Crippen LogP contribution in [0.1, 0.15) is 255 Å². The number of rotatable bonds is 45. The van der Waals surface area contributed by atoms with Crippen LogP contribution in [0.2, 0.25) is 0 Å². The van der Waals surface area contributed by atoms with Crippen LogP contribution in [0.5, 0.6) is 0 Å². The summed E-state index contributed by atoms with van der Waals surface area (Å²) < 4.78 is 16.5. The molecule has 23 nitrogen and oxygen atoms in total. The van der Waals surface area contributed by atoms with Crippen LogP contribution in [0.4, 0.5) is 0 Å². The Morgan fingerprint density at radius 3 is 1.62 bits per heavy atom. The van der Waals surface area contributed by atoms with E-state index in [0.717, 1.165) is 38.5 Å². The Kier molecular flexibility index (Phi) is 43.1. The van der Waals surface area contributed by atoms with E-state index >= 15 is 0 Å². The first kappa shape index (κ1) is 77.3. The number of benzene rings is 1. The molecule has 0 fully saturated rings. The molecule has 0 radical (unpaired) electrons. The molecule has 1 aliphatic rings. The van der Waals surface area contributed by atoms with Gasteiger partial charge >= 0.3 is 17.9 Å². The van der Waals surface area contributed by atoms with Crippen molar-refractivity contribution >= 4 is 65.2 Å². The number of nitrogens with two attached hydrogens (primary N) is 2. The van der Waals surface area contributed by atoms with Crippen molar-refractivity contribution in [2.24, 2.45) is 16.5 Å². The third-order valence-electron chi connectivity index (χ3n) is 15.4. The van der Waals surface area contributed by atoms with E-state index in [2.05, 4.69) is 50.7 Å². The quantitative estimate of drug-likeness (QED) is 0.00777. The van der Waals surface area contributed by atoms with Crippen molar-refractivity contribution in [3.05, 3.63) is 35.4 Å². The molecule has 0 saturated heterocycles. The molecule has 4 atom stereocenters. The van der Waals surface area contributed by atoms with Gasteiger partial charge in [0.25, 0.3) is 5.91 Å². The van der Waals surface area contributed by atoms with Crippen molar-refractivity contribution in [2.45, 2.75) is 270 Å². The van der Waals surface area contributed by atoms with Crippen molar-refractivity contribution in [3.63, 3.8) is 0 Å². The molecule has 1 unspecified atom stereocenters. The number of ether oxygens (including phenoxy) is 3. The van der Waals surface area contributed by atoms with E-state index in [9.17, 15) is 47.9 Å². The molecule has 23 heteroatoms. The first-order chi connectivity index (χ1) is 42.5. The first-order valence-corrected chi connectivity index (χ1v) is 33.1. The standard InChI is InChI=1S/C65H110N10O13/c1-5-8-10-12-14-16-18-20-22-24-26-28-30-37-58(79)86-46-51(88-60(81)38-31-29-27-25-23-21-19-17-15-13-11-9-6-2)47-87-59(80)40-39-55(76)71-48-72-56(77)43-53-62(83)69-44-49-34-32-35-50(42-49)61(82)74-52(7-3)64(85)75(4)54(36-33-41-68-65(66)67)63(84)70-45-57(78)73-53/h32,34-35,42,51-54H,5-31,33,36-41,43-48H2,1-4H3,(H,69,83)(H,70,84)(H,71,76)(H,72,77)(H,73,78)(H,74,82)(H4,66,67,68)/t51?,52-,53+,54+/m1/s1. The van der Waals surface area contributed by atoms with Crippen LogP contribution >= 0.6 is 0 Å². The van der Waals surface area contributed by atoms with Gasteiger partial charge in [-0.2, -0.15) is 0 Å². The van der Waals surface area contributed by atoms with E-state index in [1.54, 1.807) is 19.1 Å². The Bertz CT molecular complexity index is 2260. The van der Waals surface area contributed by atoms with Crippen LogP contribution < -0.4 is 43.4 Å². The number of amides is 7. The van der Waals surface area contributed by atoms with Crippen LogP contribution in [-0.4, -0.2) is 134 Å². The minimum absolute atomic E-state index is 0.0723. The molecule has 7 amide bonds. The molecule has 2 bridgehead atoms. The number of hydrogen-bond donors (Lipinski definition) is 8. The number of nitrogens with zero attached hydrogens (tertiary/aromatic N) is 2. The third-order valence-corrected chi connectivity index (χ3v) is 15.4. The largest absolute Gasteiger partial charge is 0.462 e. The van der Waals surface area contributed by atoms with Gasteiger partial charge in [0.2, 0.25) is 35.4 Å². The van der Waals surface area contributed by atoms with Gasteiger partial charge in [-0.15, -0.1) is 0 Å². The zero-order valence-electron chi connectivity index (χ0n) is 53.8. The lowest BCUT2D eigenvalue weighted by atomic mass is 10.0. The predicted molar refractivity (Wildman–Crippen MR) is 339 cm³/mol. The molecular weight excluding hydrogens is 1130 g/mol. The average Bonchev–Trinajstić information content (AvgIpc) is 3.59. The summed E-state index contributed by atoms with van der Waals surface area (Å²) >= 11 is 0. The van der Waals surface area contributed by atoms with Gasteiger partial charge in [-0.05, 0) is 49.8 Å². The molecule has 0 spiro atoms. The predicted octanol–water partition coefficient (Wildman–Crippen LogP) is 7.63. The fourth-order valence-electron chi connectivity index (χ4n) is 10.1. The summed E-state index contributed by atoms with van der Waals surface area (Å²) in [5, 5.41) is 15.3. The fraction of sp³-hybridized carbons (Fsp3) is 0.738. The molecular formula is C65H110N10O13. The minimum Gasteiger partial charge on any atom is -0.462 e.